The minimum absolute atomic E-state index is 0.976. The second-order valence-electron chi connectivity index (χ2n) is 4.04. The quantitative estimate of drug-likeness (QED) is 0.687. The number of aromatic amines is 1. The molecular formula is C15H11IN2. The summed E-state index contributed by atoms with van der Waals surface area (Å²) < 4.78 is 1.25. The van der Waals surface area contributed by atoms with Gasteiger partial charge in [-0.15, -0.1) is 0 Å². The Balaban J connectivity index is 1.94. The smallest absolute Gasteiger partial charge is 0.0927 e. The van der Waals surface area contributed by atoms with Gasteiger partial charge in [-0.3, -0.25) is 5.10 Å². The van der Waals surface area contributed by atoms with Gasteiger partial charge in [-0.2, -0.15) is 5.10 Å². The molecule has 0 bridgehead atoms. The summed E-state index contributed by atoms with van der Waals surface area (Å²) in [7, 11) is 0. The van der Waals surface area contributed by atoms with Crippen LogP contribution in [0.1, 0.15) is 11.3 Å². The normalized spacial score (nSPS) is 11.4. The van der Waals surface area contributed by atoms with Crippen molar-refractivity contribution in [3.8, 4) is 0 Å². The molecular weight excluding hydrogens is 335 g/mol. The number of hydrogen-bond acceptors (Lipinski definition) is 1. The summed E-state index contributed by atoms with van der Waals surface area (Å²) >= 11 is 2.31. The molecule has 3 heteroatoms. The van der Waals surface area contributed by atoms with Gasteiger partial charge in [0.15, 0.2) is 0 Å². The predicted octanol–water partition coefficient (Wildman–Crippen LogP) is 4.34. The van der Waals surface area contributed by atoms with E-state index >= 15 is 0 Å². The monoisotopic (exact) mass is 346 g/mol. The van der Waals surface area contributed by atoms with Crippen LogP contribution in [0.15, 0.2) is 48.5 Å². The van der Waals surface area contributed by atoms with E-state index in [9.17, 15) is 0 Å². The van der Waals surface area contributed by atoms with Crippen LogP contribution in [0.5, 0.6) is 0 Å². The van der Waals surface area contributed by atoms with Crippen molar-refractivity contribution in [3.63, 3.8) is 0 Å². The number of para-hydroxylation sites is 1. The van der Waals surface area contributed by atoms with Crippen LogP contribution in [-0.4, -0.2) is 10.2 Å². The molecule has 0 amide bonds. The maximum atomic E-state index is 4.31. The van der Waals surface area contributed by atoms with Gasteiger partial charge < -0.3 is 0 Å². The van der Waals surface area contributed by atoms with Crippen molar-refractivity contribution in [3.05, 3.63) is 63.4 Å². The third-order valence-corrected chi connectivity index (χ3v) is 3.52. The number of fused-ring (bicyclic) bond motifs is 1. The average Bonchev–Trinajstić information content (AvgIpc) is 2.82. The minimum Gasteiger partial charge on any atom is -0.277 e. The van der Waals surface area contributed by atoms with Gasteiger partial charge in [0.2, 0.25) is 0 Å². The Morgan fingerprint density at radius 1 is 0.944 bits per heavy atom. The zero-order chi connectivity index (χ0) is 12.4. The highest BCUT2D eigenvalue weighted by Crippen LogP contribution is 2.17. The van der Waals surface area contributed by atoms with Crippen molar-refractivity contribution in [1.82, 2.24) is 10.2 Å². The molecule has 1 N–H and O–H groups in total. The van der Waals surface area contributed by atoms with Gasteiger partial charge in [-0.05, 0) is 52.4 Å². The van der Waals surface area contributed by atoms with Crippen molar-refractivity contribution in [1.29, 1.82) is 0 Å². The fourth-order valence-electron chi connectivity index (χ4n) is 1.86. The van der Waals surface area contributed by atoms with Crippen LogP contribution in [0, 0.1) is 3.57 Å². The fourth-order valence-corrected chi connectivity index (χ4v) is 2.22. The zero-order valence-corrected chi connectivity index (χ0v) is 11.8. The Bertz CT molecular complexity index is 696. The molecule has 1 heterocycles. The molecule has 0 aliphatic rings. The van der Waals surface area contributed by atoms with E-state index in [0.29, 0.717) is 0 Å². The van der Waals surface area contributed by atoms with Crippen LogP contribution in [0.4, 0.5) is 0 Å². The first-order chi connectivity index (χ1) is 8.83. The standard InChI is InChI=1S/C15H11IN2/c16-12-8-5-11(6-9-12)7-10-15-13-3-1-2-4-14(13)17-18-15/h1-10H,(H,17,18)/b10-7+. The van der Waals surface area contributed by atoms with Gasteiger partial charge in [-0.25, -0.2) is 0 Å². The summed E-state index contributed by atoms with van der Waals surface area (Å²) in [6.07, 6.45) is 4.12. The fraction of sp³-hybridized carbons (Fsp3) is 0. The lowest BCUT2D eigenvalue weighted by molar-refractivity contribution is 1.11. The Hall–Kier alpha value is -1.62. The van der Waals surface area contributed by atoms with Crippen molar-refractivity contribution < 1.29 is 0 Å². The van der Waals surface area contributed by atoms with Crippen LogP contribution in [0.25, 0.3) is 23.1 Å². The minimum atomic E-state index is 0.976. The maximum Gasteiger partial charge on any atom is 0.0927 e. The number of hydrogen-bond donors (Lipinski definition) is 1. The van der Waals surface area contributed by atoms with Gasteiger partial charge in [0.25, 0.3) is 0 Å². The molecule has 3 rings (SSSR count). The van der Waals surface area contributed by atoms with Crippen LogP contribution >= 0.6 is 22.6 Å². The Morgan fingerprint density at radius 2 is 1.72 bits per heavy atom. The number of H-pyrrole nitrogens is 1. The number of halogens is 1. The third-order valence-electron chi connectivity index (χ3n) is 2.80. The molecule has 0 aliphatic heterocycles. The molecule has 0 saturated carbocycles. The number of nitrogens with one attached hydrogen (secondary N) is 1. The van der Waals surface area contributed by atoms with Crippen LogP contribution < -0.4 is 0 Å². The van der Waals surface area contributed by atoms with Gasteiger partial charge in [-0.1, -0.05) is 36.4 Å². The molecule has 3 aromatic rings. The van der Waals surface area contributed by atoms with Crippen LogP contribution in [0.3, 0.4) is 0 Å². The highest BCUT2D eigenvalue weighted by molar-refractivity contribution is 14.1. The molecule has 1 aromatic heterocycles. The van der Waals surface area contributed by atoms with E-state index in [1.54, 1.807) is 0 Å². The molecule has 0 atom stereocenters. The second-order valence-corrected chi connectivity index (χ2v) is 5.28. The third kappa shape index (κ3) is 2.31. The first-order valence-electron chi connectivity index (χ1n) is 5.70. The lowest BCUT2D eigenvalue weighted by Crippen LogP contribution is -1.75. The van der Waals surface area contributed by atoms with Gasteiger partial charge in [0, 0.05) is 8.96 Å². The Morgan fingerprint density at radius 3 is 2.56 bits per heavy atom. The number of benzene rings is 2. The van der Waals surface area contributed by atoms with E-state index < -0.39 is 0 Å². The summed E-state index contributed by atoms with van der Waals surface area (Å²) in [6, 6.07) is 16.6. The van der Waals surface area contributed by atoms with Crippen molar-refractivity contribution in [2.45, 2.75) is 0 Å². The molecule has 0 fully saturated rings. The first-order valence-corrected chi connectivity index (χ1v) is 6.77. The van der Waals surface area contributed by atoms with Crippen molar-refractivity contribution in [2.75, 3.05) is 0 Å². The average molecular weight is 346 g/mol. The zero-order valence-electron chi connectivity index (χ0n) is 9.60. The lowest BCUT2D eigenvalue weighted by atomic mass is 10.1. The Kier molecular flexibility index (Phi) is 3.15. The summed E-state index contributed by atoms with van der Waals surface area (Å²) in [5.74, 6) is 0. The maximum absolute atomic E-state index is 4.31. The van der Waals surface area contributed by atoms with E-state index in [1.165, 1.54) is 9.13 Å². The highest BCUT2D eigenvalue weighted by Gasteiger charge is 2.00. The number of nitrogens with zero attached hydrogens (tertiary/aromatic N) is 1. The van der Waals surface area contributed by atoms with Gasteiger partial charge in [0.1, 0.15) is 0 Å². The molecule has 0 radical (unpaired) electrons. The summed E-state index contributed by atoms with van der Waals surface area (Å²) in [4.78, 5) is 0. The van der Waals surface area contributed by atoms with Crippen molar-refractivity contribution >= 4 is 45.6 Å². The van der Waals surface area contributed by atoms with Gasteiger partial charge >= 0.3 is 0 Å². The van der Waals surface area contributed by atoms with Crippen LogP contribution in [-0.2, 0) is 0 Å². The predicted molar refractivity (Wildman–Crippen MR) is 84.2 cm³/mol. The van der Waals surface area contributed by atoms with E-state index in [2.05, 4.69) is 69.2 Å². The number of rotatable bonds is 2. The SMILES string of the molecule is Ic1ccc(/C=C/c2n[nH]c3ccccc23)cc1. The van der Waals surface area contributed by atoms with E-state index in [1.807, 2.05) is 24.3 Å². The van der Waals surface area contributed by atoms with Crippen LogP contribution in [0.2, 0.25) is 0 Å². The summed E-state index contributed by atoms with van der Waals surface area (Å²) in [5.41, 5.74) is 3.23. The topological polar surface area (TPSA) is 28.7 Å². The number of aromatic nitrogens is 2. The lowest BCUT2D eigenvalue weighted by Gasteiger charge is -1.93. The molecule has 0 unspecified atom stereocenters. The molecule has 88 valence electrons. The highest BCUT2D eigenvalue weighted by atomic mass is 127. The van der Waals surface area contributed by atoms with E-state index in [4.69, 9.17) is 0 Å². The largest absolute Gasteiger partial charge is 0.277 e. The molecule has 18 heavy (non-hydrogen) atoms. The van der Waals surface area contributed by atoms with Gasteiger partial charge in [0.05, 0.1) is 11.2 Å². The second kappa shape index (κ2) is 4.94. The molecule has 2 aromatic carbocycles. The van der Waals surface area contributed by atoms with Crippen molar-refractivity contribution in [2.24, 2.45) is 0 Å². The molecule has 2 nitrogen and oxygen atoms in total. The summed E-state index contributed by atoms with van der Waals surface area (Å²) in [5, 5.41) is 8.50. The van der Waals surface area contributed by atoms with E-state index in [0.717, 1.165) is 16.6 Å². The first kappa shape index (κ1) is 11.5. The van der Waals surface area contributed by atoms with E-state index in [-0.39, 0.29) is 0 Å². The Labute approximate surface area is 119 Å². The molecule has 0 aliphatic carbocycles. The summed E-state index contributed by atoms with van der Waals surface area (Å²) in [6.45, 7) is 0. The molecule has 0 saturated heterocycles. The molecule has 0 spiro atoms.